The van der Waals surface area contributed by atoms with E-state index in [4.69, 9.17) is 124 Å². The predicted octanol–water partition coefficient (Wildman–Crippen LogP) is 22.4. The number of methoxy groups -OCH3 is 7. The summed E-state index contributed by atoms with van der Waals surface area (Å²) in [6, 6.07) is 64.0. The molecule has 28 heteroatoms. The Kier molecular flexibility index (Phi) is 63.0. The van der Waals surface area contributed by atoms with Crippen molar-refractivity contribution in [3.8, 4) is 46.0 Å². The summed E-state index contributed by atoms with van der Waals surface area (Å²) < 4.78 is 162. The molecule has 16 rings (SSSR count). The molecular formula is C116H177Cl4I2N4NaO17. The zero-order valence-electron chi connectivity index (χ0n) is 100.0. The molecule has 0 aromatic heterocycles. The number of rotatable bonds is 36. The standard InChI is InChI=1S/2C27H37NO4.C17H24ClNO.C17H25NO2.C10H14O3.C9H12O3.C4H10.C2H6.CH2Cl2.CH3I.CH4.ClH.HI.Na.H/c2*1-29-26-13-12-21(18-27(26)30-2)15-17-31-25-11-7-6-10-24(25)28-16-14-23(19-28)32-20-22-8-4-3-5-9-22;18-16-8-4-5-9-17(16)19-11-10-15(12-19)20-13-14-6-2-1-3-7-14;19-17-9-5-4-8-16(17)18-11-10-15(12-18)20-13-14-6-2-1-3-7-14;1-12-9-4-3-8(5-6-11)7-10(9)13-2;1-12-9-6-7(4-5-10)2-3-8(9)11;1-3-4-2;1-2;2-1-3;1-2;;;;;/h2*3-5,8-9,12-13,18,23-25H,6-7,10-11,14-17,19-20H2,1-2H3;1-3,6-7,15-17H,4-5,8-13H2;1-3,6-7,15-17,19H,4-5,8-13H2;3-4,7,11H,5-6H2,1-2H3;2-3,6,10-11H,4-5H2,1H3;3-4H2,1-2H3;1-2H3;1H2;1H3;1H4;2*1H;;/q;;;;;;;;;;;;;+1;-1/t2*23-,24?,25?;15-,16+,17?;15-,16?,17+;;;;;;;;;;;/m1111.........../s1/i2*1D3;;;1D3;;;;;1D3;;;;;/hD. The zero-order valence-corrected chi connectivity index (χ0v) is 95.4. The minimum absolute atomic E-state index is 0. The molecule has 0 bridgehead atoms. The van der Waals surface area contributed by atoms with E-state index in [-0.39, 0.29) is 123 Å². The van der Waals surface area contributed by atoms with Crippen LogP contribution >= 0.6 is 93.6 Å². The van der Waals surface area contributed by atoms with Crippen molar-refractivity contribution in [2.24, 2.45) is 0 Å². The van der Waals surface area contributed by atoms with Crippen molar-refractivity contribution in [2.75, 3.05) is 139 Å². The summed E-state index contributed by atoms with van der Waals surface area (Å²) in [5.41, 5.74) is 8.82. The zero-order chi connectivity index (χ0) is 113. The minimum Gasteiger partial charge on any atom is -1.00 e. The van der Waals surface area contributed by atoms with E-state index in [2.05, 4.69) is 131 Å². The summed E-state index contributed by atoms with van der Waals surface area (Å²) in [5.74, 6) is 2.39. The van der Waals surface area contributed by atoms with E-state index in [1.807, 2.05) is 62.4 Å². The number of aromatic hydroxyl groups is 1. The van der Waals surface area contributed by atoms with E-state index in [1.165, 1.54) is 193 Å². The molecule has 806 valence electrons. The van der Waals surface area contributed by atoms with Crippen molar-refractivity contribution in [2.45, 2.75) is 301 Å². The molecule has 4 N–H and O–H groups in total. The average Bonchev–Trinajstić information content (AvgIpc) is 1.72. The number of unbranched alkanes of at least 4 members (excludes halogenated alkanes) is 1. The molecule has 4 heterocycles. The molecule has 8 aromatic rings. The van der Waals surface area contributed by atoms with Crippen LogP contribution < -0.4 is 62.7 Å². The van der Waals surface area contributed by atoms with Gasteiger partial charge >= 0.3 is 29.6 Å². The van der Waals surface area contributed by atoms with Gasteiger partial charge in [-0.15, -0.1) is 71.0 Å². The van der Waals surface area contributed by atoms with E-state index < -0.39 is 26.0 Å². The van der Waals surface area contributed by atoms with Gasteiger partial charge in [-0.3, -0.25) is 19.6 Å². The molecule has 21 nitrogen and oxygen atoms in total. The third-order valence-electron chi connectivity index (χ3n) is 26.6. The molecule has 8 aliphatic rings. The summed E-state index contributed by atoms with van der Waals surface area (Å²) in [4.78, 5) is 8.37. The van der Waals surface area contributed by atoms with Crippen molar-refractivity contribution in [3.63, 3.8) is 0 Å². The van der Waals surface area contributed by atoms with Crippen molar-refractivity contribution in [1.82, 2.24) is 19.6 Å². The molecule has 0 radical (unpaired) electrons. The number of aliphatic hydroxyl groups excluding tert-OH is 3. The first kappa shape index (κ1) is 112. The van der Waals surface area contributed by atoms with Gasteiger partial charge in [0.05, 0.1) is 150 Å². The number of halogens is 6. The van der Waals surface area contributed by atoms with E-state index in [9.17, 15) is 10.2 Å². The molecule has 144 heavy (non-hydrogen) atoms. The fourth-order valence-electron chi connectivity index (χ4n) is 18.9. The second kappa shape index (κ2) is 81.1. The second-order valence-corrected chi connectivity index (χ2v) is 37.3. The summed E-state index contributed by atoms with van der Waals surface area (Å²) >= 11 is 18.8. The molecule has 4 saturated heterocycles. The number of aliphatic hydroxyl groups is 3. The molecule has 4 saturated carbocycles. The Morgan fingerprint density at radius 1 is 0.375 bits per heavy atom. The maximum Gasteiger partial charge on any atom is 1.00 e. The third kappa shape index (κ3) is 48.9. The number of hydrogen-bond acceptors (Lipinski definition) is 21. The van der Waals surface area contributed by atoms with Crippen LogP contribution in [0.4, 0.5) is 0 Å². The number of benzene rings is 8. The molecule has 4 aliphatic carbocycles. The SMILES string of the molecule is C.CC.CCCC.COc1cc(CCO)ccc1O.Cl.ClCCl.Cl[C@H]1CCCCC1N1CC[C@@H](OCc2ccccc2)C1.O[C@H]1CCCCC1N1CC[C@@H](OCc2ccccc2)C1.[2H]C([2H])([2H])I.[2H]C([2H])([2H])Oc1ccc(CCO)cc1OC.[2H]C([2H])([2H])Oc1ccc(CCOC2CCCCC2N2CC[C@@H](OCc3ccccc3)C2)cc1OC.[2H]C([2H])([2H])Oc1ccc(CCOC2CCCCC2N2CC[C@@H](OCc3ccccc3)C2)cc1OC.[2H]I.[H-].[Na+]. The van der Waals surface area contributed by atoms with Gasteiger partial charge in [-0.1, -0.05) is 268 Å². The molecule has 12 atom stereocenters. The Bertz CT molecular complexity index is 4730. The van der Waals surface area contributed by atoms with Crippen LogP contribution in [0.5, 0.6) is 46.0 Å². The Morgan fingerprint density at radius 2 is 0.653 bits per heavy atom. The number of likely N-dealkylation sites (tertiary alicyclic amines) is 4. The van der Waals surface area contributed by atoms with Crippen LogP contribution in [-0.4, -0.2) is 251 Å². The third-order valence-corrected chi connectivity index (χ3v) is 27.1. The number of alkyl halides is 4. The molecule has 6 unspecified atom stereocenters. The molecule has 4 aliphatic heterocycles. The first-order chi connectivity index (χ1) is 74.0. The molecule has 0 spiro atoms. The van der Waals surface area contributed by atoms with E-state index in [0.717, 1.165) is 145 Å². The van der Waals surface area contributed by atoms with Crippen LogP contribution in [0.2, 0.25) is 0 Å². The van der Waals surface area contributed by atoms with Gasteiger partial charge in [0.1, 0.15) is 0.594 Å². The second-order valence-electron chi connectivity index (χ2n) is 35.9. The summed E-state index contributed by atoms with van der Waals surface area (Å²) in [6.45, 7) is 20.8. The van der Waals surface area contributed by atoms with Crippen molar-refractivity contribution in [3.05, 3.63) is 239 Å². The fraction of sp³-hybridized carbons (Fsp3) is 0.586. The topological polar surface area (TPSA) is 214 Å². The van der Waals surface area contributed by atoms with Gasteiger partial charge in [0.2, 0.25) is 0 Å². The minimum atomic E-state index is -2.50. The summed E-state index contributed by atoms with van der Waals surface area (Å²) in [6.07, 6.45) is 30.2. The molecule has 0 amide bonds. The predicted molar refractivity (Wildman–Crippen MR) is 610 cm³/mol. The smallest absolute Gasteiger partial charge is 1.00 e. The Balaban J connectivity index is 0.000000638. The molecular weight excluding hydrogens is 2140 g/mol. The number of hydrogen-bond donors (Lipinski definition) is 4. The van der Waals surface area contributed by atoms with Crippen LogP contribution in [0.15, 0.2) is 194 Å². The van der Waals surface area contributed by atoms with Crippen LogP contribution in [-0.2, 0) is 80.5 Å². The molecule has 8 aromatic carbocycles. The van der Waals surface area contributed by atoms with Gasteiger partial charge in [0.25, 0.3) is 0 Å². The van der Waals surface area contributed by atoms with Crippen molar-refractivity contribution < 1.29 is 129 Å². The van der Waals surface area contributed by atoms with Crippen LogP contribution in [0.25, 0.3) is 0 Å². The normalized spacial score (nSPS) is 23.1. The van der Waals surface area contributed by atoms with Crippen LogP contribution in [0, 0.1) is 0 Å². The number of phenolic OH excluding ortho intramolecular Hbond substituents is 1. The van der Waals surface area contributed by atoms with Crippen LogP contribution in [0.1, 0.15) is 239 Å². The van der Waals surface area contributed by atoms with Gasteiger partial charge in [-0.25, -0.2) is 0 Å². The average molecular weight is 2330 g/mol. The van der Waals surface area contributed by atoms with Gasteiger partial charge in [-0.05, 0) is 201 Å². The number of nitrogens with zero attached hydrogens (tertiary/aromatic N) is 4. The van der Waals surface area contributed by atoms with Gasteiger partial charge < -0.3 is 83.4 Å². The fourth-order valence-corrected chi connectivity index (χ4v) is 19.4. The van der Waals surface area contributed by atoms with Crippen LogP contribution in [0.3, 0.4) is 0 Å². The monoisotopic (exact) mass is 2330 g/mol. The number of phenols is 1. The summed E-state index contributed by atoms with van der Waals surface area (Å²) in [5, 5.41) is 37.3. The van der Waals surface area contributed by atoms with E-state index in [1.54, 1.807) is 42.5 Å². The maximum absolute atomic E-state index is 10.1. The Labute approximate surface area is 959 Å². The van der Waals surface area contributed by atoms with Crippen molar-refractivity contribution >= 4 is 93.6 Å². The largest absolute Gasteiger partial charge is 1.00 e. The summed E-state index contributed by atoms with van der Waals surface area (Å²) in [7, 11) is -1.54. The van der Waals surface area contributed by atoms with Crippen molar-refractivity contribution in [1.29, 1.82) is 0.594 Å². The van der Waals surface area contributed by atoms with Gasteiger partial charge in [0, 0.05) is 99.2 Å². The van der Waals surface area contributed by atoms with E-state index in [0.29, 0.717) is 111 Å². The Hall–Kier alpha value is -4.74. The molecule has 8 fully saturated rings. The van der Waals surface area contributed by atoms with E-state index >= 15 is 0 Å². The first-order valence-corrected chi connectivity index (χ1v) is 53.2. The Morgan fingerprint density at radius 3 is 0.958 bits per heavy atom. The number of ether oxygens (including phenoxy) is 13. The first-order valence-electron chi connectivity index (χ1n) is 57.0. The maximum atomic E-state index is 10.1. The quantitative estimate of drug-likeness (QED) is 0.0163. The van der Waals surface area contributed by atoms with Gasteiger partial charge in [-0.2, -0.15) is 0 Å². The van der Waals surface area contributed by atoms with Gasteiger partial charge in [0.15, 0.2) is 46.0 Å².